The van der Waals surface area contributed by atoms with Gasteiger partial charge in [-0.05, 0) is 55.0 Å². The van der Waals surface area contributed by atoms with Crippen LogP contribution >= 0.6 is 24.0 Å². The molecule has 0 atom stereocenters. The van der Waals surface area contributed by atoms with E-state index in [1.54, 1.807) is 42.5 Å². The van der Waals surface area contributed by atoms with Crippen LogP contribution in [0.5, 0.6) is 0 Å². The van der Waals surface area contributed by atoms with Gasteiger partial charge in [0.25, 0.3) is 11.6 Å². The van der Waals surface area contributed by atoms with E-state index in [2.05, 4.69) is 0 Å². The van der Waals surface area contributed by atoms with E-state index < -0.39 is 4.92 Å². The van der Waals surface area contributed by atoms with Crippen molar-refractivity contribution < 1.29 is 14.5 Å². The van der Waals surface area contributed by atoms with E-state index in [0.29, 0.717) is 26.0 Å². The summed E-state index contributed by atoms with van der Waals surface area (Å²) in [5.41, 5.74) is 1.80. The quantitative estimate of drug-likeness (QED) is 0.258. The summed E-state index contributed by atoms with van der Waals surface area (Å²) in [6.07, 6.45) is 1.65. The summed E-state index contributed by atoms with van der Waals surface area (Å²) >= 11 is 6.46. The van der Waals surface area contributed by atoms with Gasteiger partial charge in [-0.3, -0.25) is 24.6 Å². The topological polar surface area (TPSA) is 80.5 Å². The van der Waals surface area contributed by atoms with E-state index in [-0.39, 0.29) is 17.4 Å². The third-order valence-electron chi connectivity index (χ3n) is 3.73. The monoisotopic (exact) mass is 384 g/mol. The zero-order valence-electron chi connectivity index (χ0n) is 13.5. The number of nitro groups is 1. The summed E-state index contributed by atoms with van der Waals surface area (Å²) < 4.78 is 0.388. The third-order valence-corrected chi connectivity index (χ3v) is 5.03. The minimum absolute atomic E-state index is 0.0136. The lowest BCUT2D eigenvalue weighted by atomic mass is 10.1. The van der Waals surface area contributed by atoms with Crippen molar-refractivity contribution in [2.75, 3.05) is 4.90 Å². The Morgan fingerprint density at radius 1 is 1.15 bits per heavy atom. The standard InChI is InChI=1S/C18H12N2O4S2/c1-11(21)13-4-8-14(9-5-13)19-17(22)16(26-18(19)25)10-12-2-6-15(7-3-12)20(23)24/h2-10H,1H3. The average Bonchev–Trinajstić information content (AvgIpc) is 2.89. The molecule has 26 heavy (non-hydrogen) atoms. The largest absolute Gasteiger partial charge is 0.295 e. The lowest BCUT2D eigenvalue weighted by Gasteiger charge is -2.14. The van der Waals surface area contributed by atoms with Crippen molar-refractivity contribution in [1.29, 1.82) is 0 Å². The number of anilines is 1. The molecule has 0 aromatic heterocycles. The summed E-state index contributed by atoms with van der Waals surface area (Å²) in [6, 6.07) is 12.6. The Hall–Kier alpha value is -2.84. The predicted octanol–water partition coefficient (Wildman–Crippen LogP) is 4.20. The van der Waals surface area contributed by atoms with Crippen LogP contribution in [0.4, 0.5) is 11.4 Å². The van der Waals surface area contributed by atoms with E-state index >= 15 is 0 Å². The maximum Gasteiger partial charge on any atom is 0.270 e. The van der Waals surface area contributed by atoms with Crippen LogP contribution in [0.2, 0.25) is 0 Å². The number of nitro benzene ring substituents is 1. The molecule has 8 heteroatoms. The van der Waals surface area contributed by atoms with E-state index in [9.17, 15) is 19.7 Å². The molecule has 0 radical (unpaired) electrons. The van der Waals surface area contributed by atoms with Crippen LogP contribution in [-0.2, 0) is 4.79 Å². The molecule has 0 spiro atoms. The Bertz CT molecular complexity index is 950. The molecule has 3 rings (SSSR count). The molecule has 6 nitrogen and oxygen atoms in total. The fraction of sp³-hybridized carbons (Fsp3) is 0.0556. The minimum atomic E-state index is -0.478. The van der Waals surface area contributed by atoms with Crippen molar-refractivity contribution in [3.63, 3.8) is 0 Å². The lowest BCUT2D eigenvalue weighted by molar-refractivity contribution is -0.384. The van der Waals surface area contributed by atoms with Crippen molar-refractivity contribution in [2.45, 2.75) is 6.92 Å². The molecule has 0 saturated carbocycles. The second kappa shape index (κ2) is 7.19. The van der Waals surface area contributed by atoms with Gasteiger partial charge in [0.2, 0.25) is 0 Å². The highest BCUT2D eigenvalue weighted by atomic mass is 32.2. The molecule has 0 bridgehead atoms. The number of hydrogen-bond donors (Lipinski definition) is 0. The number of rotatable bonds is 4. The molecule has 130 valence electrons. The van der Waals surface area contributed by atoms with E-state index in [4.69, 9.17) is 12.2 Å². The SMILES string of the molecule is CC(=O)c1ccc(N2C(=O)C(=Cc3ccc([N+](=O)[O-])cc3)SC2=S)cc1. The molecular weight excluding hydrogens is 372 g/mol. The average molecular weight is 384 g/mol. The molecular formula is C18H12N2O4S2. The first-order valence-corrected chi connectivity index (χ1v) is 8.73. The summed E-state index contributed by atoms with van der Waals surface area (Å²) in [4.78, 5) is 36.1. The van der Waals surface area contributed by atoms with Crippen LogP contribution < -0.4 is 4.90 Å². The minimum Gasteiger partial charge on any atom is -0.295 e. The number of Topliss-reactive ketones (excluding diaryl/α,β-unsaturated/α-hetero) is 1. The maximum absolute atomic E-state index is 12.7. The van der Waals surface area contributed by atoms with Gasteiger partial charge in [0.05, 0.1) is 15.5 Å². The van der Waals surface area contributed by atoms with Gasteiger partial charge < -0.3 is 0 Å². The second-order valence-electron chi connectivity index (χ2n) is 5.47. The van der Waals surface area contributed by atoms with E-state index in [0.717, 1.165) is 11.8 Å². The Kier molecular flexibility index (Phi) is 4.97. The molecule has 1 heterocycles. The van der Waals surface area contributed by atoms with Gasteiger partial charge >= 0.3 is 0 Å². The van der Waals surface area contributed by atoms with E-state index in [1.807, 2.05) is 0 Å². The molecule has 1 aliphatic rings. The highest BCUT2D eigenvalue weighted by molar-refractivity contribution is 8.27. The number of thiocarbonyl (C=S) groups is 1. The van der Waals surface area contributed by atoms with Gasteiger partial charge in [-0.2, -0.15) is 0 Å². The van der Waals surface area contributed by atoms with Crippen molar-refractivity contribution in [3.8, 4) is 0 Å². The first kappa shape index (κ1) is 18.0. The summed E-state index contributed by atoms with van der Waals surface area (Å²) in [5.74, 6) is -0.325. The molecule has 1 saturated heterocycles. The van der Waals surface area contributed by atoms with Crippen LogP contribution in [0.15, 0.2) is 53.4 Å². The fourth-order valence-corrected chi connectivity index (χ4v) is 3.68. The number of carbonyl (C=O) groups excluding carboxylic acids is 2. The van der Waals surface area contributed by atoms with Crippen molar-refractivity contribution >= 4 is 57.4 Å². The van der Waals surface area contributed by atoms with Gasteiger partial charge in [0.1, 0.15) is 0 Å². The zero-order chi connectivity index (χ0) is 18.8. The van der Waals surface area contributed by atoms with Crippen LogP contribution in [0, 0.1) is 10.1 Å². The van der Waals surface area contributed by atoms with Crippen LogP contribution in [-0.4, -0.2) is 20.9 Å². The van der Waals surface area contributed by atoms with Gasteiger partial charge in [0, 0.05) is 17.7 Å². The Morgan fingerprint density at radius 3 is 2.31 bits per heavy atom. The number of ketones is 1. The highest BCUT2D eigenvalue weighted by Gasteiger charge is 2.33. The van der Waals surface area contributed by atoms with Crippen LogP contribution in [0.3, 0.4) is 0 Å². The number of thioether (sulfide) groups is 1. The number of amides is 1. The maximum atomic E-state index is 12.7. The number of carbonyl (C=O) groups is 2. The Labute approximate surface area is 158 Å². The van der Waals surface area contributed by atoms with Crippen molar-refractivity contribution in [3.05, 3.63) is 74.7 Å². The Balaban J connectivity index is 1.86. The van der Waals surface area contributed by atoms with Gasteiger partial charge in [0.15, 0.2) is 10.1 Å². The van der Waals surface area contributed by atoms with Gasteiger partial charge in [-0.1, -0.05) is 24.0 Å². The fourth-order valence-electron chi connectivity index (χ4n) is 2.38. The smallest absolute Gasteiger partial charge is 0.270 e. The molecule has 1 amide bonds. The molecule has 1 fully saturated rings. The first-order valence-electron chi connectivity index (χ1n) is 7.50. The van der Waals surface area contributed by atoms with Gasteiger partial charge in [-0.15, -0.1) is 0 Å². The number of benzene rings is 2. The third kappa shape index (κ3) is 3.56. The van der Waals surface area contributed by atoms with Crippen LogP contribution in [0.25, 0.3) is 6.08 Å². The van der Waals surface area contributed by atoms with Crippen LogP contribution in [0.1, 0.15) is 22.8 Å². The zero-order valence-corrected chi connectivity index (χ0v) is 15.2. The highest BCUT2D eigenvalue weighted by Crippen LogP contribution is 2.36. The number of nitrogens with zero attached hydrogens (tertiary/aromatic N) is 2. The van der Waals surface area contributed by atoms with E-state index in [1.165, 1.54) is 24.0 Å². The lowest BCUT2D eigenvalue weighted by Crippen LogP contribution is -2.27. The first-order chi connectivity index (χ1) is 12.4. The van der Waals surface area contributed by atoms with Crippen molar-refractivity contribution in [1.82, 2.24) is 0 Å². The summed E-state index contributed by atoms with van der Waals surface area (Å²) in [5, 5.41) is 10.7. The summed E-state index contributed by atoms with van der Waals surface area (Å²) in [6.45, 7) is 1.47. The molecule has 0 aliphatic carbocycles. The summed E-state index contributed by atoms with van der Waals surface area (Å²) in [7, 11) is 0. The normalized spacial score (nSPS) is 15.6. The molecule has 1 aliphatic heterocycles. The van der Waals surface area contributed by atoms with Crippen molar-refractivity contribution in [2.24, 2.45) is 0 Å². The predicted molar refractivity (Wildman–Crippen MR) is 105 cm³/mol. The Morgan fingerprint density at radius 2 is 1.77 bits per heavy atom. The van der Waals surface area contributed by atoms with Gasteiger partial charge in [-0.25, -0.2) is 0 Å². The second-order valence-corrected chi connectivity index (χ2v) is 7.14. The number of non-ortho nitro benzene ring substituents is 1. The molecule has 2 aromatic rings. The molecule has 0 N–H and O–H groups in total. The molecule has 0 unspecified atom stereocenters. The number of hydrogen-bond acceptors (Lipinski definition) is 6. The molecule has 2 aromatic carbocycles.